The third kappa shape index (κ3) is 4.64. The maximum atomic E-state index is 13.5. The molecule has 4 heterocycles. The Morgan fingerprint density at radius 1 is 0.925 bits per heavy atom. The molecular formula is C29H18F3N5O3. The third-order valence-electron chi connectivity index (χ3n) is 6.20. The van der Waals surface area contributed by atoms with E-state index >= 15 is 0 Å². The molecule has 1 amide bonds. The highest BCUT2D eigenvalue weighted by Crippen LogP contribution is 2.31. The van der Waals surface area contributed by atoms with Crippen molar-refractivity contribution >= 4 is 33.7 Å². The maximum Gasteiger partial charge on any atom is 0.416 e. The molecule has 6 rings (SSSR count). The number of benzene rings is 2. The van der Waals surface area contributed by atoms with Crippen LogP contribution in [0.4, 0.5) is 18.9 Å². The molecule has 198 valence electrons. The van der Waals surface area contributed by atoms with E-state index in [4.69, 9.17) is 4.74 Å². The quantitative estimate of drug-likeness (QED) is 0.266. The first-order chi connectivity index (χ1) is 19.3. The van der Waals surface area contributed by atoms with Crippen LogP contribution in [-0.4, -0.2) is 25.4 Å². The number of carbonyl (C=O) groups excluding carboxylic acids is 1. The van der Waals surface area contributed by atoms with Crippen LogP contribution in [0, 0.1) is 0 Å². The first-order valence-corrected chi connectivity index (χ1v) is 12.0. The van der Waals surface area contributed by atoms with Gasteiger partial charge in [0, 0.05) is 29.7 Å². The van der Waals surface area contributed by atoms with Crippen molar-refractivity contribution in [3.8, 4) is 17.2 Å². The van der Waals surface area contributed by atoms with E-state index in [1.54, 1.807) is 54.9 Å². The molecule has 0 saturated heterocycles. The van der Waals surface area contributed by atoms with Gasteiger partial charge in [0.05, 0.1) is 16.6 Å². The van der Waals surface area contributed by atoms with Gasteiger partial charge in [-0.25, -0.2) is 9.97 Å². The zero-order chi connectivity index (χ0) is 27.9. The number of H-pyrrole nitrogens is 1. The Balaban J connectivity index is 1.31. The predicted molar refractivity (Wildman–Crippen MR) is 143 cm³/mol. The van der Waals surface area contributed by atoms with Gasteiger partial charge in [0.1, 0.15) is 28.4 Å². The van der Waals surface area contributed by atoms with Crippen molar-refractivity contribution in [2.45, 2.75) is 6.18 Å². The summed E-state index contributed by atoms with van der Waals surface area (Å²) in [6.45, 7) is 0. The summed E-state index contributed by atoms with van der Waals surface area (Å²) in [5, 5.41) is 3.88. The Labute approximate surface area is 223 Å². The zero-order valence-electron chi connectivity index (χ0n) is 20.4. The van der Waals surface area contributed by atoms with E-state index in [2.05, 4.69) is 20.3 Å². The second kappa shape index (κ2) is 9.70. The topological polar surface area (TPSA) is 102 Å². The lowest BCUT2D eigenvalue weighted by Gasteiger charge is -2.14. The lowest BCUT2D eigenvalue weighted by Crippen LogP contribution is -2.29. The van der Waals surface area contributed by atoms with Gasteiger partial charge in [-0.1, -0.05) is 6.07 Å². The summed E-state index contributed by atoms with van der Waals surface area (Å²) in [5.74, 6) is 0.381. The largest absolute Gasteiger partial charge is 0.457 e. The number of hydrogen-bond donors (Lipinski definition) is 2. The molecule has 0 spiro atoms. The average molecular weight is 541 g/mol. The number of nitrogens with one attached hydrogen (secondary N) is 2. The van der Waals surface area contributed by atoms with Crippen molar-refractivity contribution in [2.75, 3.05) is 5.32 Å². The summed E-state index contributed by atoms with van der Waals surface area (Å²) in [4.78, 5) is 38.1. The van der Waals surface area contributed by atoms with Crippen LogP contribution in [0.25, 0.3) is 27.8 Å². The van der Waals surface area contributed by atoms with E-state index in [0.717, 1.165) is 22.1 Å². The van der Waals surface area contributed by atoms with Crippen molar-refractivity contribution in [2.24, 2.45) is 0 Å². The molecule has 0 aliphatic rings. The molecule has 0 radical (unpaired) electrons. The Bertz CT molecular complexity index is 1950. The van der Waals surface area contributed by atoms with Gasteiger partial charge in [-0.2, -0.15) is 13.2 Å². The number of aromatic amines is 1. The number of amides is 1. The highest BCUT2D eigenvalue weighted by Gasteiger charge is 2.31. The Kier molecular flexibility index (Phi) is 6.03. The van der Waals surface area contributed by atoms with Crippen LogP contribution < -0.4 is 15.6 Å². The van der Waals surface area contributed by atoms with Gasteiger partial charge in [-0.05, 0) is 72.8 Å². The second-order valence-electron chi connectivity index (χ2n) is 8.79. The standard InChI is InChI=1S/C29H18F3N5O3/c30-29(31,32)18-4-1-5-20(16-18)37-26-17(3-2-12-35-26)15-23(28(37)39)27(38)36-19-6-8-21(9-7-19)40-24-11-14-34-25-22(24)10-13-33-25/h1-16H,(H,33,34)(H,36,38). The van der Waals surface area contributed by atoms with Crippen molar-refractivity contribution in [3.63, 3.8) is 0 Å². The number of pyridine rings is 3. The van der Waals surface area contributed by atoms with Gasteiger partial charge < -0.3 is 15.0 Å². The summed E-state index contributed by atoms with van der Waals surface area (Å²) in [5.41, 5.74) is -0.869. The molecule has 0 unspecified atom stereocenters. The minimum Gasteiger partial charge on any atom is -0.457 e. The molecule has 8 nitrogen and oxygen atoms in total. The van der Waals surface area contributed by atoms with Gasteiger partial charge in [-0.15, -0.1) is 0 Å². The van der Waals surface area contributed by atoms with E-state index in [0.29, 0.717) is 28.2 Å². The molecule has 4 aromatic heterocycles. The molecule has 0 atom stereocenters. The number of anilines is 1. The first kappa shape index (κ1) is 24.9. The van der Waals surface area contributed by atoms with E-state index in [1.165, 1.54) is 24.4 Å². The van der Waals surface area contributed by atoms with Crippen LogP contribution in [0.3, 0.4) is 0 Å². The predicted octanol–water partition coefficient (Wildman–Crippen LogP) is 6.33. The Morgan fingerprint density at radius 2 is 1.75 bits per heavy atom. The van der Waals surface area contributed by atoms with Gasteiger partial charge in [0.2, 0.25) is 0 Å². The number of ether oxygens (including phenoxy) is 1. The molecule has 11 heteroatoms. The molecule has 0 aliphatic carbocycles. The normalized spacial score (nSPS) is 11.6. The molecule has 0 saturated carbocycles. The zero-order valence-corrected chi connectivity index (χ0v) is 20.4. The van der Waals surface area contributed by atoms with Crippen LogP contribution in [0.5, 0.6) is 11.5 Å². The summed E-state index contributed by atoms with van der Waals surface area (Å²) in [7, 11) is 0. The van der Waals surface area contributed by atoms with Crippen LogP contribution in [0.2, 0.25) is 0 Å². The Morgan fingerprint density at radius 3 is 2.55 bits per heavy atom. The average Bonchev–Trinajstić information content (AvgIpc) is 3.43. The van der Waals surface area contributed by atoms with E-state index in [1.807, 2.05) is 6.07 Å². The number of alkyl halides is 3. The smallest absolute Gasteiger partial charge is 0.416 e. The number of halogens is 3. The van der Waals surface area contributed by atoms with E-state index in [9.17, 15) is 22.8 Å². The fourth-order valence-corrected chi connectivity index (χ4v) is 4.32. The molecular weight excluding hydrogens is 523 g/mol. The van der Waals surface area contributed by atoms with Crippen molar-refractivity contribution < 1.29 is 22.7 Å². The number of hydrogen-bond acceptors (Lipinski definition) is 5. The Hall–Kier alpha value is -5.45. The van der Waals surface area contributed by atoms with E-state index < -0.39 is 23.2 Å². The van der Waals surface area contributed by atoms with Crippen molar-refractivity contribution in [3.05, 3.63) is 119 Å². The molecule has 2 N–H and O–H groups in total. The minimum absolute atomic E-state index is 0.0627. The summed E-state index contributed by atoms with van der Waals surface area (Å²) >= 11 is 0. The number of nitrogens with zero attached hydrogens (tertiary/aromatic N) is 3. The van der Waals surface area contributed by atoms with Crippen LogP contribution >= 0.6 is 0 Å². The summed E-state index contributed by atoms with van der Waals surface area (Å²) < 4.78 is 47.1. The molecule has 2 aromatic carbocycles. The van der Waals surface area contributed by atoms with Crippen molar-refractivity contribution in [1.82, 2.24) is 19.5 Å². The fourth-order valence-electron chi connectivity index (χ4n) is 4.32. The summed E-state index contributed by atoms with van der Waals surface area (Å²) in [6.07, 6.45) is 0.183. The highest BCUT2D eigenvalue weighted by molar-refractivity contribution is 6.05. The lowest BCUT2D eigenvalue weighted by molar-refractivity contribution is -0.137. The van der Waals surface area contributed by atoms with Crippen LogP contribution in [0.1, 0.15) is 15.9 Å². The van der Waals surface area contributed by atoms with Gasteiger partial charge in [0.15, 0.2) is 0 Å². The van der Waals surface area contributed by atoms with E-state index in [-0.39, 0.29) is 16.9 Å². The molecule has 40 heavy (non-hydrogen) atoms. The summed E-state index contributed by atoms with van der Waals surface area (Å²) in [6, 6.07) is 19.0. The second-order valence-corrected chi connectivity index (χ2v) is 8.79. The molecule has 0 fully saturated rings. The maximum absolute atomic E-state index is 13.5. The third-order valence-corrected chi connectivity index (χ3v) is 6.20. The lowest BCUT2D eigenvalue weighted by atomic mass is 10.1. The minimum atomic E-state index is -4.61. The van der Waals surface area contributed by atoms with Crippen LogP contribution in [0.15, 0.2) is 102 Å². The highest BCUT2D eigenvalue weighted by atomic mass is 19.4. The first-order valence-electron chi connectivity index (χ1n) is 12.0. The van der Waals surface area contributed by atoms with Gasteiger partial charge >= 0.3 is 6.18 Å². The van der Waals surface area contributed by atoms with Crippen molar-refractivity contribution in [1.29, 1.82) is 0 Å². The number of aromatic nitrogens is 4. The van der Waals surface area contributed by atoms with Gasteiger partial charge in [-0.3, -0.25) is 14.2 Å². The number of rotatable bonds is 5. The molecule has 0 bridgehead atoms. The number of fused-ring (bicyclic) bond motifs is 2. The molecule has 0 aliphatic heterocycles. The monoisotopic (exact) mass is 541 g/mol. The SMILES string of the molecule is O=C(Nc1ccc(Oc2ccnc3[nH]ccc23)cc1)c1cc2cccnc2n(-c2cccc(C(F)(F)F)c2)c1=O. The fraction of sp³-hybridized carbons (Fsp3) is 0.0345. The van der Waals surface area contributed by atoms with Gasteiger partial charge in [0.25, 0.3) is 11.5 Å². The van der Waals surface area contributed by atoms with Crippen LogP contribution in [-0.2, 0) is 6.18 Å². The number of carbonyl (C=O) groups is 1. The molecule has 6 aromatic rings.